The number of rotatable bonds is 2. The Balaban J connectivity index is 0.000000283. The minimum atomic E-state index is -0.475. The van der Waals surface area contributed by atoms with Gasteiger partial charge in [-0.2, -0.15) is 0 Å². The lowest BCUT2D eigenvalue weighted by Gasteiger charge is -2.05. The summed E-state index contributed by atoms with van der Waals surface area (Å²) in [5, 5.41) is 7.00. The van der Waals surface area contributed by atoms with Crippen LogP contribution in [-0.2, 0) is 9.47 Å². The number of nitrogens with one attached hydrogen (secondary N) is 2. The summed E-state index contributed by atoms with van der Waals surface area (Å²) >= 11 is 0. The van der Waals surface area contributed by atoms with Crippen molar-refractivity contribution in [3.8, 4) is 0 Å². The van der Waals surface area contributed by atoms with Crippen LogP contribution in [0.3, 0.4) is 0 Å². The van der Waals surface area contributed by atoms with Crippen molar-refractivity contribution in [2.45, 2.75) is 18.9 Å². The number of aliphatic hydroxyl groups excluding tert-OH is 1. The van der Waals surface area contributed by atoms with E-state index in [1.807, 2.05) is 4.98 Å². The molecule has 0 amide bonds. The zero-order valence-electron chi connectivity index (χ0n) is 10.6. The predicted octanol–water partition coefficient (Wildman–Crippen LogP) is -0.516. The van der Waals surface area contributed by atoms with Crippen LogP contribution in [0.2, 0.25) is 0 Å². The Labute approximate surface area is 105 Å². The van der Waals surface area contributed by atoms with Crippen molar-refractivity contribution in [1.82, 2.24) is 9.97 Å². The van der Waals surface area contributed by atoms with E-state index in [0.29, 0.717) is 6.10 Å². The number of aliphatic hydroxyl groups is 1. The predicted molar refractivity (Wildman–Crippen MR) is 66.7 cm³/mol. The SMILES string of the molecule is CO.COCC1CCCO1.O=c1cc[nH]c(=O)[nH]1. The molecule has 0 aliphatic carbocycles. The molecule has 1 fully saturated rings. The van der Waals surface area contributed by atoms with Gasteiger partial charge in [-0.25, -0.2) is 4.79 Å². The highest BCUT2D eigenvalue weighted by Gasteiger charge is 2.13. The van der Waals surface area contributed by atoms with E-state index in [9.17, 15) is 9.59 Å². The first-order valence-electron chi connectivity index (χ1n) is 5.55. The van der Waals surface area contributed by atoms with E-state index in [1.165, 1.54) is 25.1 Å². The standard InChI is InChI=1S/C6H12O2.C4H4N2O2.CH4O/c1-7-5-6-3-2-4-8-6;7-3-1-2-5-4(8)6-3;1-2/h6H,2-5H2,1H3;1-2H,(H2,5,6,7,8);2H,1H3. The van der Waals surface area contributed by atoms with Gasteiger partial charge in [0.1, 0.15) is 0 Å². The van der Waals surface area contributed by atoms with Crippen molar-refractivity contribution in [3.63, 3.8) is 0 Å². The third-order valence-electron chi connectivity index (χ3n) is 2.06. The number of hydrogen-bond donors (Lipinski definition) is 3. The van der Waals surface area contributed by atoms with E-state index in [1.54, 1.807) is 7.11 Å². The van der Waals surface area contributed by atoms with Gasteiger partial charge in [-0.3, -0.25) is 9.78 Å². The van der Waals surface area contributed by atoms with Gasteiger partial charge in [0, 0.05) is 33.1 Å². The van der Waals surface area contributed by atoms with Crippen LogP contribution in [0, 0.1) is 0 Å². The third kappa shape index (κ3) is 7.77. The summed E-state index contributed by atoms with van der Waals surface area (Å²) in [5.74, 6) is 0. The van der Waals surface area contributed by atoms with Crippen molar-refractivity contribution < 1.29 is 14.6 Å². The number of hydrogen-bond acceptors (Lipinski definition) is 5. The Hall–Kier alpha value is -1.44. The van der Waals surface area contributed by atoms with Crippen LogP contribution in [-0.4, -0.2) is 48.6 Å². The van der Waals surface area contributed by atoms with Crippen LogP contribution in [0.15, 0.2) is 21.9 Å². The maximum Gasteiger partial charge on any atom is 0.325 e. The number of aromatic amines is 2. The number of aromatic nitrogens is 2. The Morgan fingerprint density at radius 1 is 1.50 bits per heavy atom. The smallest absolute Gasteiger partial charge is 0.325 e. The Morgan fingerprint density at radius 3 is 2.61 bits per heavy atom. The summed E-state index contributed by atoms with van der Waals surface area (Å²) in [7, 11) is 2.71. The summed E-state index contributed by atoms with van der Waals surface area (Å²) < 4.78 is 10.2. The van der Waals surface area contributed by atoms with Crippen LogP contribution in [0.4, 0.5) is 0 Å². The fraction of sp³-hybridized carbons (Fsp3) is 0.636. The lowest BCUT2D eigenvalue weighted by atomic mass is 10.2. The largest absolute Gasteiger partial charge is 0.400 e. The fourth-order valence-electron chi connectivity index (χ4n) is 1.34. The quantitative estimate of drug-likeness (QED) is 0.664. The van der Waals surface area contributed by atoms with E-state index in [-0.39, 0.29) is 5.56 Å². The second kappa shape index (κ2) is 10.7. The molecule has 0 spiro atoms. The molecule has 1 atom stereocenters. The van der Waals surface area contributed by atoms with Crippen molar-refractivity contribution in [2.24, 2.45) is 0 Å². The molecule has 7 nitrogen and oxygen atoms in total. The molecule has 7 heteroatoms. The van der Waals surface area contributed by atoms with Crippen molar-refractivity contribution >= 4 is 0 Å². The minimum Gasteiger partial charge on any atom is -0.400 e. The fourth-order valence-corrected chi connectivity index (χ4v) is 1.34. The number of methoxy groups -OCH3 is 1. The highest BCUT2D eigenvalue weighted by molar-refractivity contribution is 4.77. The molecular weight excluding hydrogens is 240 g/mol. The van der Waals surface area contributed by atoms with Crippen molar-refractivity contribution in [3.05, 3.63) is 33.1 Å². The Bertz CT molecular complexity index is 369. The average molecular weight is 260 g/mol. The van der Waals surface area contributed by atoms with Gasteiger partial charge in [-0.1, -0.05) is 0 Å². The highest BCUT2D eigenvalue weighted by Crippen LogP contribution is 2.10. The molecule has 1 aliphatic rings. The summed E-state index contributed by atoms with van der Waals surface area (Å²) in [5.41, 5.74) is -0.855. The second-order valence-electron chi connectivity index (χ2n) is 3.39. The molecule has 2 heterocycles. The first-order valence-corrected chi connectivity index (χ1v) is 5.55. The molecule has 0 bridgehead atoms. The van der Waals surface area contributed by atoms with Gasteiger partial charge < -0.3 is 19.6 Å². The van der Waals surface area contributed by atoms with Crippen LogP contribution in [0.5, 0.6) is 0 Å². The van der Waals surface area contributed by atoms with Gasteiger partial charge in [-0.05, 0) is 12.8 Å². The molecule has 1 saturated heterocycles. The lowest BCUT2D eigenvalue weighted by molar-refractivity contribution is 0.0380. The molecule has 1 aromatic heterocycles. The summed E-state index contributed by atoms with van der Waals surface area (Å²) in [6, 6.07) is 1.24. The normalized spacial score (nSPS) is 17.2. The van der Waals surface area contributed by atoms with E-state index in [0.717, 1.165) is 20.3 Å². The average Bonchev–Trinajstić information content (AvgIpc) is 2.86. The number of ether oxygens (including phenoxy) is 2. The van der Waals surface area contributed by atoms with Gasteiger partial charge in [0.05, 0.1) is 12.7 Å². The van der Waals surface area contributed by atoms with E-state index in [2.05, 4.69) is 4.98 Å². The topological polar surface area (TPSA) is 104 Å². The first-order chi connectivity index (χ1) is 8.72. The molecule has 2 rings (SSSR count). The molecule has 0 radical (unpaired) electrons. The molecule has 0 aromatic carbocycles. The van der Waals surface area contributed by atoms with Gasteiger partial charge in [0.15, 0.2) is 0 Å². The van der Waals surface area contributed by atoms with Crippen LogP contribution in [0.25, 0.3) is 0 Å². The molecule has 1 aromatic rings. The first kappa shape index (κ1) is 16.6. The Morgan fingerprint density at radius 2 is 2.22 bits per heavy atom. The zero-order chi connectivity index (χ0) is 13.8. The number of H-pyrrole nitrogens is 2. The maximum absolute atomic E-state index is 10.2. The van der Waals surface area contributed by atoms with E-state index < -0.39 is 5.69 Å². The van der Waals surface area contributed by atoms with Crippen LogP contribution >= 0.6 is 0 Å². The van der Waals surface area contributed by atoms with Gasteiger partial charge >= 0.3 is 5.69 Å². The molecule has 104 valence electrons. The van der Waals surface area contributed by atoms with E-state index in [4.69, 9.17) is 14.6 Å². The monoisotopic (exact) mass is 260 g/mol. The van der Waals surface area contributed by atoms with Crippen molar-refractivity contribution in [2.75, 3.05) is 27.4 Å². The minimum absolute atomic E-state index is 0.381. The molecule has 1 aliphatic heterocycles. The second-order valence-corrected chi connectivity index (χ2v) is 3.39. The van der Waals surface area contributed by atoms with Gasteiger partial charge in [0.2, 0.25) is 0 Å². The molecular formula is C11H20N2O5. The van der Waals surface area contributed by atoms with Crippen LogP contribution < -0.4 is 11.2 Å². The maximum atomic E-state index is 10.2. The van der Waals surface area contributed by atoms with Crippen molar-refractivity contribution in [1.29, 1.82) is 0 Å². The lowest BCUT2D eigenvalue weighted by Crippen LogP contribution is -2.19. The van der Waals surface area contributed by atoms with Gasteiger partial charge in [-0.15, -0.1) is 0 Å². The molecule has 0 saturated carbocycles. The van der Waals surface area contributed by atoms with Crippen LogP contribution in [0.1, 0.15) is 12.8 Å². The van der Waals surface area contributed by atoms with E-state index >= 15 is 0 Å². The highest BCUT2D eigenvalue weighted by atomic mass is 16.5. The Kier molecular flexibility index (Phi) is 9.84. The molecule has 1 unspecified atom stereocenters. The summed E-state index contributed by atoms with van der Waals surface area (Å²) in [4.78, 5) is 24.7. The molecule has 3 N–H and O–H groups in total. The third-order valence-corrected chi connectivity index (χ3v) is 2.06. The zero-order valence-corrected chi connectivity index (χ0v) is 10.6. The molecule has 18 heavy (non-hydrogen) atoms. The van der Waals surface area contributed by atoms with Gasteiger partial charge in [0.25, 0.3) is 5.56 Å². The summed E-state index contributed by atoms with van der Waals surface area (Å²) in [6.45, 7) is 1.69. The summed E-state index contributed by atoms with van der Waals surface area (Å²) in [6.07, 6.45) is 4.06.